The van der Waals surface area contributed by atoms with E-state index in [9.17, 15) is 9.18 Å². The van der Waals surface area contributed by atoms with Gasteiger partial charge in [0.2, 0.25) is 0 Å². The first-order valence-corrected chi connectivity index (χ1v) is 12.5. The quantitative estimate of drug-likeness (QED) is 0.265. The second kappa shape index (κ2) is 10.1. The van der Waals surface area contributed by atoms with E-state index in [1.807, 2.05) is 44.2 Å². The molecule has 0 aliphatic rings. The molecule has 5 rings (SSSR count). The fourth-order valence-corrected chi connectivity index (χ4v) is 4.73. The third kappa shape index (κ3) is 5.10. The van der Waals surface area contributed by atoms with Crippen molar-refractivity contribution in [3.63, 3.8) is 0 Å². The fourth-order valence-electron chi connectivity index (χ4n) is 3.93. The Kier molecular flexibility index (Phi) is 6.71. The molecule has 9 heteroatoms. The Balaban J connectivity index is 1.42. The molecule has 2 unspecified atom stereocenters. The zero-order valence-electron chi connectivity index (χ0n) is 19.5. The van der Waals surface area contributed by atoms with E-state index >= 15 is 0 Å². The maximum Gasteiger partial charge on any atom is 0.280 e. The lowest BCUT2D eigenvalue weighted by Gasteiger charge is -2.26. The summed E-state index contributed by atoms with van der Waals surface area (Å²) < 4.78 is 21.5. The number of halogens is 2. The lowest BCUT2D eigenvalue weighted by atomic mass is 10.0. The highest BCUT2D eigenvalue weighted by atomic mass is 35.5. The van der Waals surface area contributed by atoms with Gasteiger partial charge < -0.3 is 10.1 Å². The zero-order chi connectivity index (χ0) is 25.2. The Morgan fingerprint density at radius 3 is 2.53 bits per heavy atom. The Morgan fingerprint density at radius 2 is 1.83 bits per heavy atom. The molecule has 0 aliphatic heterocycles. The van der Waals surface area contributed by atoms with Crippen molar-refractivity contribution in [3.05, 3.63) is 105 Å². The van der Waals surface area contributed by atoms with Crippen molar-refractivity contribution in [2.75, 3.05) is 0 Å². The molecule has 2 aromatic heterocycles. The van der Waals surface area contributed by atoms with Crippen molar-refractivity contribution in [1.29, 1.82) is 0 Å². The smallest absolute Gasteiger partial charge is 0.280 e. The number of fused-ring (bicyclic) bond motifs is 1. The molecule has 0 radical (unpaired) electrons. The third-order valence-electron chi connectivity index (χ3n) is 5.70. The van der Waals surface area contributed by atoms with Crippen LogP contribution < -0.4 is 10.1 Å². The Hall–Kier alpha value is -3.75. The maximum atomic E-state index is 13.3. The van der Waals surface area contributed by atoms with E-state index in [0.29, 0.717) is 15.8 Å². The first kappa shape index (κ1) is 24.0. The van der Waals surface area contributed by atoms with Gasteiger partial charge in [-0.3, -0.25) is 4.79 Å². The van der Waals surface area contributed by atoms with Crippen molar-refractivity contribution in [1.82, 2.24) is 20.1 Å². The SMILES string of the molecule is Cc1cnc(C(=O)NC(C)C(Oc2ccc3c(cnn3-c3ccc(F)cc3)c2)c2ccc(Cl)cc2)s1. The number of amides is 1. The average Bonchev–Trinajstić information content (AvgIpc) is 3.50. The number of thiazole rings is 1. The number of benzene rings is 3. The van der Waals surface area contributed by atoms with Crippen LogP contribution in [-0.4, -0.2) is 26.7 Å². The first-order chi connectivity index (χ1) is 17.4. The second-order valence-corrected chi connectivity index (χ2v) is 10.1. The molecule has 0 aliphatic carbocycles. The molecule has 1 N–H and O–H groups in total. The van der Waals surface area contributed by atoms with Crippen LogP contribution in [0.1, 0.15) is 33.3 Å². The van der Waals surface area contributed by atoms with Gasteiger partial charge in [-0.05, 0) is 74.0 Å². The van der Waals surface area contributed by atoms with Gasteiger partial charge in [-0.1, -0.05) is 23.7 Å². The van der Waals surface area contributed by atoms with Crippen molar-refractivity contribution < 1.29 is 13.9 Å². The predicted octanol–water partition coefficient (Wildman–Crippen LogP) is 6.52. The number of aromatic nitrogens is 3. The van der Waals surface area contributed by atoms with E-state index < -0.39 is 6.10 Å². The molecule has 6 nitrogen and oxygen atoms in total. The van der Waals surface area contributed by atoms with E-state index in [1.54, 1.807) is 41.3 Å². The lowest BCUT2D eigenvalue weighted by Crippen LogP contribution is -2.39. The highest BCUT2D eigenvalue weighted by molar-refractivity contribution is 7.13. The summed E-state index contributed by atoms with van der Waals surface area (Å²) in [6, 6.07) is 18.8. The van der Waals surface area contributed by atoms with Crippen LogP contribution in [-0.2, 0) is 0 Å². The van der Waals surface area contributed by atoms with Crippen LogP contribution >= 0.6 is 22.9 Å². The number of ether oxygens (including phenoxy) is 1. The Labute approximate surface area is 216 Å². The van der Waals surface area contributed by atoms with Crippen LogP contribution in [0.2, 0.25) is 5.02 Å². The van der Waals surface area contributed by atoms with Gasteiger partial charge in [0.25, 0.3) is 5.91 Å². The normalized spacial score (nSPS) is 12.9. The largest absolute Gasteiger partial charge is 0.484 e. The van der Waals surface area contributed by atoms with E-state index in [-0.39, 0.29) is 17.8 Å². The predicted molar refractivity (Wildman–Crippen MR) is 140 cm³/mol. The minimum absolute atomic E-state index is 0.251. The number of aryl methyl sites for hydroxylation is 1. The van der Waals surface area contributed by atoms with Gasteiger partial charge in [0.05, 0.1) is 23.4 Å². The third-order valence-corrected chi connectivity index (χ3v) is 6.86. The summed E-state index contributed by atoms with van der Waals surface area (Å²) >= 11 is 7.44. The first-order valence-electron chi connectivity index (χ1n) is 11.3. The second-order valence-electron chi connectivity index (χ2n) is 8.38. The monoisotopic (exact) mass is 520 g/mol. The summed E-state index contributed by atoms with van der Waals surface area (Å²) in [6.45, 7) is 3.80. The number of nitrogens with zero attached hydrogens (tertiary/aromatic N) is 3. The number of carbonyl (C=O) groups is 1. The number of hydrogen-bond donors (Lipinski definition) is 1. The van der Waals surface area contributed by atoms with E-state index in [2.05, 4.69) is 15.4 Å². The summed E-state index contributed by atoms with van der Waals surface area (Å²) in [4.78, 5) is 17.9. The average molecular weight is 521 g/mol. The van der Waals surface area contributed by atoms with Crippen molar-refractivity contribution in [2.45, 2.75) is 26.0 Å². The number of rotatable bonds is 7. The molecule has 182 valence electrons. The summed E-state index contributed by atoms with van der Waals surface area (Å²) in [5.41, 5.74) is 2.48. The summed E-state index contributed by atoms with van der Waals surface area (Å²) in [7, 11) is 0. The minimum Gasteiger partial charge on any atom is -0.484 e. The molecule has 2 heterocycles. The molecule has 1 amide bonds. The van der Waals surface area contributed by atoms with Gasteiger partial charge in [-0.25, -0.2) is 14.1 Å². The highest BCUT2D eigenvalue weighted by Gasteiger charge is 2.25. The van der Waals surface area contributed by atoms with Gasteiger partial charge in [0.1, 0.15) is 17.7 Å². The van der Waals surface area contributed by atoms with Gasteiger partial charge in [-0.2, -0.15) is 5.10 Å². The van der Waals surface area contributed by atoms with Gasteiger partial charge in [0, 0.05) is 21.5 Å². The molecule has 0 bridgehead atoms. The fraction of sp³-hybridized carbons (Fsp3) is 0.148. The van der Waals surface area contributed by atoms with E-state index in [1.165, 1.54) is 23.5 Å². The molecular formula is C27H22ClFN4O2S. The zero-order valence-corrected chi connectivity index (χ0v) is 21.1. The molecule has 0 saturated carbocycles. The highest BCUT2D eigenvalue weighted by Crippen LogP contribution is 2.30. The van der Waals surface area contributed by atoms with E-state index in [0.717, 1.165) is 27.0 Å². The standard InChI is InChI=1S/C27H22ClFN4O2S/c1-16-14-30-27(36-16)26(34)32-17(2)25(18-3-5-20(28)6-4-18)35-23-11-12-24-19(13-23)15-31-33(24)22-9-7-21(29)8-10-22/h3-15,17,25H,1-2H3,(H,32,34). The van der Waals surface area contributed by atoms with Gasteiger partial charge in [-0.15, -0.1) is 11.3 Å². The molecule has 5 aromatic rings. The molecule has 36 heavy (non-hydrogen) atoms. The van der Waals surface area contributed by atoms with Crippen molar-refractivity contribution >= 4 is 39.7 Å². The van der Waals surface area contributed by atoms with Gasteiger partial charge in [0.15, 0.2) is 5.01 Å². The Morgan fingerprint density at radius 1 is 1.08 bits per heavy atom. The number of carbonyl (C=O) groups excluding carboxylic acids is 1. The maximum absolute atomic E-state index is 13.3. The molecule has 0 fully saturated rings. The van der Waals surface area contributed by atoms with Crippen molar-refractivity contribution in [2.24, 2.45) is 0 Å². The number of hydrogen-bond acceptors (Lipinski definition) is 5. The van der Waals surface area contributed by atoms with Crippen LogP contribution in [0.4, 0.5) is 4.39 Å². The minimum atomic E-state index is -0.489. The van der Waals surface area contributed by atoms with Crippen LogP contribution in [0.15, 0.2) is 79.1 Å². The van der Waals surface area contributed by atoms with Crippen LogP contribution in [0.5, 0.6) is 5.75 Å². The van der Waals surface area contributed by atoms with Crippen LogP contribution in [0, 0.1) is 12.7 Å². The molecular weight excluding hydrogens is 499 g/mol. The van der Waals surface area contributed by atoms with Crippen LogP contribution in [0.25, 0.3) is 16.6 Å². The van der Waals surface area contributed by atoms with Gasteiger partial charge >= 0.3 is 0 Å². The lowest BCUT2D eigenvalue weighted by molar-refractivity contribution is 0.0881. The molecule has 0 saturated heterocycles. The molecule has 0 spiro atoms. The summed E-state index contributed by atoms with van der Waals surface area (Å²) in [5, 5.41) is 9.35. The summed E-state index contributed by atoms with van der Waals surface area (Å²) in [6.07, 6.45) is 2.93. The number of nitrogens with one attached hydrogen (secondary N) is 1. The molecule has 3 aromatic carbocycles. The van der Waals surface area contributed by atoms with E-state index in [4.69, 9.17) is 16.3 Å². The van der Waals surface area contributed by atoms with Crippen LogP contribution in [0.3, 0.4) is 0 Å². The van der Waals surface area contributed by atoms with Crippen molar-refractivity contribution in [3.8, 4) is 11.4 Å². The Bertz CT molecular complexity index is 1520. The molecule has 2 atom stereocenters. The summed E-state index contributed by atoms with van der Waals surface area (Å²) in [5.74, 6) is 0.0665. The topological polar surface area (TPSA) is 69.0 Å².